The van der Waals surface area contributed by atoms with Crippen LogP contribution in [0, 0.1) is 5.92 Å². The first-order chi connectivity index (χ1) is 11.6. The van der Waals surface area contributed by atoms with Gasteiger partial charge in [0.2, 0.25) is 0 Å². The van der Waals surface area contributed by atoms with E-state index >= 15 is 0 Å². The molecule has 2 N–H and O–H groups in total. The maximum atomic E-state index is 10.9. The van der Waals surface area contributed by atoms with Crippen molar-refractivity contribution in [1.82, 2.24) is 0 Å². The fourth-order valence-electron chi connectivity index (χ4n) is 2.47. The Kier molecular flexibility index (Phi) is 15.2. The minimum Gasteiger partial charge on any atom is -0.481 e. The molecule has 0 saturated heterocycles. The van der Waals surface area contributed by atoms with Crippen LogP contribution >= 0.6 is 0 Å². The van der Waals surface area contributed by atoms with Crippen molar-refractivity contribution >= 4 is 11.9 Å². The van der Waals surface area contributed by atoms with Crippen LogP contribution in [0.1, 0.15) is 84.0 Å². The average molecular weight is 338 g/mol. The summed E-state index contributed by atoms with van der Waals surface area (Å²) in [5.74, 6) is -2.91. The highest BCUT2D eigenvalue weighted by Gasteiger charge is 2.18. The van der Waals surface area contributed by atoms with Crippen LogP contribution in [0.25, 0.3) is 0 Å². The van der Waals surface area contributed by atoms with Crippen molar-refractivity contribution in [1.29, 1.82) is 0 Å². The number of hydrogen-bond donors (Lipinski definition) is 2. The van der Waals surface area contributed by atoms with Crippen LogP contribution < -0.4 is 0 Å². The lowest BCUT2D eigenvalue weighted by atomic mass is 10.0. The van der Waals surface area contributed by atoms with Gasteiger partial charge in [0.1, 0.15) is 0 Å². The van der Waals surface area contributed by atoms with Crippen LogP contribution in [0.4, 0.5) is 0 Å². The van der Waals surface area contributed by atoms with E-state index in [1.54, 1.807) is 0 Å². The van der Waals surface area contributed by atoms with E-state index in [1.807, 2.05) is 12.2 Å². The molecule has 24 heavy (non-hydrogen) atoms. The summed E-state index contributed by atoms with van der Waals surface area (Å²) in [6, 6.07) is 0. The van der Waals surface area contributed by atoms with Crippen molar-refractivity contribution in [3.8, 4) is 0 Å². The zero-order valence-corrected chi connectivity index (χ0v) is 15.1. The molecule has 4 nitrogen and oxygen atoms in total. The van der Waals surface area contributed by atoms with Gasteiger partial charge in [-0.2, -0.15) is 0 Å². The number of unbranched alkanes of at least 4 members (excludes halogenated alkanes) is 8. The van der Waals surface area contributed by atoms with Crippen LogP contribution in [0.2, 0.25) is 0 Å². The van der Waals surface area contributed by atoms with Crippen LogP contribution in [0.15, 0.2) is 24.3 Å². The molecular weight excluding hydrogens is 304 g/mol. The lowest BCUT2D eigenvalue weighted by molar-refractivity contribution is -0.148. The molecule has 0 spiro atoms. The van der Waals surface area contributed by atoms with E-state index in [0.29, 0.717) is 6.42 Å². The molecular formula is C20H34O4. The second kappa shape index (κ2) is 16.3. The second-order valence-corrected chi connectivity index (χ2v) is 6.30. The van der Waals surface area contributed by atoms with Gasteiger partial charge in [-0.15, -0.1) is 0 Å². The topological polar surface area (TPSA) is 74.6 Å². The van der Waals surface area contributed by atoms with Gasteiger partial charge in [0.05, 0.1) is 12.3 Å². The molecule has 0 rings (SSSR count). The molecule has 0 saturated carbocycles. The molecule has 4 heteroatoms. The maximum Gasteiger partial charge on any atom is 0.307 e. The molecule has 0 amide bonds. The molecule has 0 aliphatic heterocycles. The first-order valence-electron chi connectivity index (χ1n) is 9.32. The van der Waals surface area contributed by atoms with Gasteiger partial charge in [-0.3, -0.25) is 9.59 Å². The third-order valence-electron chi connectivity index (χ3n) is 3.99. The van der Waals surface area contributed by atoms with E-state index in [0.717, 1.165) is 12.8 Å². The van der Waals surface area contributed by atoms with E-state index < -0.39 is 17.9 Å². The molecule has 0 fully saturated rings. The van der Waals surface area contributed by atoms with Gasteiger partial charge >= 0.3 is 11.9 Å². The largest absolute Gasteiger partial charge is 0.481 e. The summed E-state index contributed by atoms with van der Waals surface area (Å²) in [4.78, 5) is 21.5. The first kappa shape index (κ1) is 22.4. The molecule has 0 bridgehead atoms. The lowest BCUT2D eigenvalue weighted by Gasteiger charge is -2.05. The summed E-state index contributed by atoms with van der Waals surface area (Å²) in [6.07, 6.45) is 20.3. The Morgan fingerprint density at radius 2 is 1.29 bits per heavy atom. The highest BCUT2D eigenvalue weighted by Crippen LogP contribution is 2.12. The molecule has 0 aromatic heterocycles. The SMILES string of the molecule is CCCC/C=C/CCCCCCC/C=C/CC(CC(=O)O)C(=O)O. The molecule has 0 radical (unpaired) electrons. The number of allylic oxidation sites excluding steroid dienone is 4. The quantitative estimate of drug-likeness (QED) is 0.284. The minimum absolute atomic E-state index is 0.298. The van der Waals surface area contributed by atoms with Gasteiger partial charge in [-0.25, -0.2) is 0 Å². The summed E-state index contributed by atoms with van der Waals surface area (Å²) in [5, 5.41) is 17.6. The van der Waals surface area contributed by atoms with Crippen molar-refractivity contribution in [2.24, 2.45) is 5.92 Å². The van der Waals surface area contributed by atoms with Gasteiger partial charge < -0.3 is 10.2 Å². The average Bonchev–Trinajstić information content (AvgIpc) is 2.53. The standard InChI is InChI=1S/C20H34O4/c1-2-3-4-5-6-7-8-9-10-11-12-13-14-15-16-18(20(23)24)17-19(21)22/h5-6,14-15,18H,2-4,7-13,16-17H2,1H3,(H,21,22)(H,23,24)/b6-5+,15-14+. The van der Waals surface area contributed by atoms with Gasteiger partial charge in [0.25, 0.3) is 0 Å². The van der Waals surface area contributed by atoms with Crippen LogP contribution in [0.5, 0.6) is 0 Å². The van der Waals surface area contributed by atoms with Crippen molar-refractivity contribution in [2.75, 3.05) is 0 Å². The Labute approximate surface area is 146 Å². The van der Waals surface area contributed by atoms with Crippen molar-refractivity contribution in [3.63, 3.8) is 0 Å². The molecule has 138 valence electrons. The van der Waals surface area contributed by atoms with E-state index in [9.17, 15) is 9.59 Å². The zero-order chi connectivity index (χ0) is 18.0. The number of carbonyl (C=O) groups is 2. The number of carboxylic acid groups (broad SMARTS) is 2. The summed E-state index contributed by atoms with van der Waals surface area (Å²) < 4.78 is 0. The predicted octanol–water partition coefficient (Wildman–Crippen LogP) is 5.59. The van der Waals surface area contributed by atoms with Crippen LogP contribution in [-0.2, 0) is 9.59 Å². The van der Waals surface area contributed by atoms with Crippen molar-refractivity contribution in [3.05, 3.63) is 24.3 Å². The zero-order valence-electron chi connectivity index (χ0n) is 15.1. The third-order valence-corrected chi connectivity index (χ3v) is 3.99. The smallest absolute Gasteiger partial charge is 0.307 e. The second-order valence-electron chi connectivity index (χ2n) is 6.30. The van der Waals surface area contributed by atoms with Crippen LogP contribution in [0.3, 0.4) is 0 Å². The Bertz CT molecular complexity index is 385. The predicted molar refractivity (Wildman–Crippen MR) is 98.1 cm³/mol. The fourth-order valence-corrected chi connectivity index (χ4v) is 2.47. The van der Waals surface area contributed by atoms with E-state index in [-0.39, 0.29) is 6.42 Å². The minimum atomic E-state index is -1.06. The summed E-state index contributed by atoms with van der Waals surface area (Å²) in [7, 11) is 0. The molecule has 0 aliphatic rings. The Balaban J connectivity index is 3.50. The maximum absolute atomic E-state index is 10.9. The molecule has 1 atom stereocenters. The number of aliphatic carboxylic acids is 2. The number of carboxylic acids is 2. The van der Waals surface area contributed by atoms with Gasteiger partial charge in [-0.1, -0.05) is 63.3 Å². The molecule has 0 aliphatic carbocycles. The molecule has 0 heterocycles. The van der Waals surface area contributed by atoms with Crippen molar-refractivity contribution < 1.29 is 19.8 Å². The van der Waals surface area contributed by atoms with Crippen LogP contribution in [-0.4, -0.2) is 22.2 Å². The summed E-state index contributed by atoms with van der Waals surface area (Å²) >= 11 is 0. The molecule has 1 unspecified atom stereocenters. The summed E-state index contributed by atoms with van der Waals surface area (Å²) in [6.45, 7) is 2.21. The Hall–Kier alpha value is -1.58. The van der Waals surface area contributed by atoms with Crippen molar-refractivity contribution in [2.45, 2.75) is 84.0 Å². The molecule has 0 aromatic carbocycles. The Morgan fingerprint density at radius 3 is 1.79 bits per heavy atom. The monoisotopic (exact) mass is 338 g/mol. The first-order valence-corrected chi connectivity index (χ1v) is 9.32. The van der Waals surface area contributed by atoms with E-state index in [2.05, 4.69) is 19.1 Å². The normalized spacial score (nSPS) is 12.9. The number of hydrogen-bond acceptors (Lipinski definition) is 2. The fraction of sp³-hybridized carbons (Fsp3) is 0.700. The van der Waals surface area contributed by atoms with Gasteiger partial charge in [-0.05, 0) is 38.5 Å². The Morgan fingerprint density at radius 1 is 0.792 bits per heavy atom. The lowest BCUT2D eigenvalue weighted by Crippen LogP contribution is -2.16. The van der Waals surface area contributed by atoms with E-state index in [4.69, 9.17) is 10.2 Å². The highest BCUT2D eigenvalue weighted by molar-refractivity contribution is 5.77. The highest BCUT2D eigenvalue weighted by atomic mass is 16.4. The van der Waals surface area contributed by atoms with E-state index in [1.165, 1.54) is 51.4 Å². The number of rotatable bonds is 16. The third kappa shape index (κ3) is 15.3. The molecule has 0 aromatic rings. The van der Waals surface area contributed by atoms with Gasteiger partial charge in [0, 0.05) is 0 Å². The van der Waals surface area contributed by atoms with Gasteiger partial charge in [0.15, 0.2) is 0 Å². The summed E-state index contributed by atoms with van der Waals surface area (Å²) in [5.41, 5.74) is 0.